The van der Waals surface area contributed by atoms with Crippen molar-refractivity contribution in [2.24, 2.45) is 0 Å². The minimum absolute atomic E-state index is 0.0895. The van der Waals surface area contributed by atoms with Crippen LogP contribution < -0.4 is 5.73 Å². The smallest absolute Gasteiger partial charge is 0.398 e. The third kappa shape index (κ3) is 3.40. The number of anilines is 1. The molecule has 72 valence electrons. The van der Waals surface area contributed by atoms with E-state index in [-0.39, 0.29) is 16.7 Å². The van der Waals surface area contributed by atoms with Gasteiger partial charge in [0.15, 0.2) is 0 Å². The van der Waals surface area contributed by atoms with Crippen LogP contribution >= 0.6 is 24.4 Å². The van der Waals surface area contributed by atoms with Gasteiger partial charge in [-0.15, -0.1) is 12.6 Å². The molecule has 0 radical (unpaired) electrons. The van der Waals surface area contributed by atoms with Crippen molar-refractivity contribution in [3.8, 4) is 0 Å². The van der Waals surface area contributed by atoms with Crippen LogP contribution in [0.4, 0.5) is 18.9 Å². The number of hydrogen-bond acceptors (Lipinski definition) is 3. The van der Waals surface area contributed by atoms with Crippen LogP contribution in [0, 0.1) is 0 Å². The fourth-order valence-corrected chi connectivity index (χ4v) is 1.60. The third-order valence-electron chi connectivity index (χ3n) is 1.24. The molecule has 0 aliphatic heterocycles. The minimum Gasteiger partial charge on any atom is -0.398 e. The van der Waals surface area contributed by atoms with Crippen molar-refractivity contribution >= 4 is 30.1 Å². The van der Waals surface area contributed by atoms with Crippen LogP contribution in [0.2, 0.25) is 0 Å². The number of nitrogens with two attached hydrogens (primary N) is 1. The molecular formula is C7H6F3NS2. The van der Waals surface area contributed by atoms with Crippen molar-refractivity contribution in [3.05, 3.63) is 18.2 Å². The highest BCUT2D eigenvalue weighted by Gasteiger charge is 2.29. The lowest BCUT2D eigenvalue weighted by atomic mass is 10.3. The first-order valence-corrected chi connectivity index (χ1v) is 4.49. The van der Waals surface area contributed by atoms with E-state index in [2.05, 4.69) is 12.6 Å². The Morgan fingerprint density at radius 3 is 2.38 bits per heavy atom. The fourth-order valence-electron chi connectivity index (χ4n) is 0.721. The second-order valence-corrected chi connectivity index (χ2v) is 3.89. The molecule has 0 aliphatic carbocycles. The average molecular weight is 225 g/mol. The largest absolute Gasteiger partial charge is 0.446 e. The molecule has 1 rings (SSSR count). The van der Waals surface area contributed by atoms with Gasteiger partial charge in [-0.2, -0.15) is 13.2 Å². The molecule has 2 N–H and O–H groups in total. The number of thiol groups is 1. The van der Waals surface area contributed by atoms with Gasteiger partial charge in [0, 0.05) is 15.5 Å². The second kappa shape index (κ2) is 3.71. The standard InChI is InChI=1S/C7H6F3NS2/c8-7(9,10)13-4-1-2-5(11)6(12)3-4/h1-3,12H,11H2. The number of thioether (sulfide) groups is 1. The SMILES string of the molecule is Nc1ccc(SC(F)(F)F)cc1S. The first kappa shape index (κ1) is 10.6. The summed E-state index contributed by atoms with van der Waals surface area (Å²) in [6.07, 6.45) is 0. The summed E-state index contributed by atoms with van der Waals surface area (Å²) in [5.74, 6) is 0. The molecular weight excluding hydrogens is 219 g/mol. The van der Waals surface area contributed by atoms with Crippen molar-refractivity contribution in [3.63, 3.8) is 0 Å². The molecule has 13 heavy (non-hydrogen) atoms. The summed E-state index contributed by atoms with van der Waals surface area (Å²) < 4.78 is 35.6. The zero-order valence-electron chi connectivity index (χ0n) is 6.30. The van der Waals surface area contributed by atoms with Gasteiger partial charge in [0.2, 0.25) is 0 Å². The molecule has 1 aromatic rings. The molecule has 0 saturated carbocycles. The Kier molecular flexibility index (Phi) is 3.02. The van der Waals surface area contributed by atoms with Gasteiger partial charge in [-0.05, 0) is 30.0 Å². The first-order valence-electron chi connectivity index (χ1n) is 3.23. The number of rotatable bonds is 1. The van der Waals surface area contributed by atoms with Crippen LogP contribution in [0.25, 0.3) is 0 Å². The van der Waals surface area contributed by atoms with Gasteiger partial charge >= 0.3 is 5.51 Å². The summed E-state index contributed by atoms with van der Waals surface area (Å²) in [6, 6.07) is 4.00. The maximum Gasteiger partial charge on any atom is 0.446 e. The number of hydrogen-bond donors (Lipinski definition) is 2. The number of halogens is 3. The van der Waals surface area contributed by atoms with Crippen LogP contribution in [0.15, 0.2) is 28.0 Å². The molecule has 0 atom stereocenters. The summed E-state index contributed by atoms with van der Waals surface area (Å²) in [5.41, 5.74) is 1.49. The van der Waals surface area contributed by atoms with Gasteiger partial charge in [-0.1, -0.05) is 0 Å². The van der Waals surface area contributed by atoms with Crippen LogP contribution in [-0.4, -0.2) is 5.51 Å². The first-order chi connectivity index (χ1) is 5.88. The molecule has 0 spiro atoms. The van der Waals surface area contributed by atoms with E-state index in [1.807, 2.05) is 0 Å². The highest BCUT2D eigenvalue weighted by Crippen LogP contribution is 2.38. The lowest BCUT2D eigenvalue weighted by molar-refractivity contribution is -0.0328. The third-order valence-corrected chi connectivity index (χ3v) is 2.34. The Balaban J connectivity index is 2.86. The zero-order valence-corrected chi connectivity index (χ0v) is 8.01. The normalized spacial score (nSPS) is 11.7. The molecule has 0 amide bonds. The quantitative estimate of drug-likeness (QED) is 0.436. The topological polar surface area (TPSA) is 26.0 Å². The monoisotopic (exact) mass is 225 g/mol. The second-order valence-electron chi connectivity index (χ2n) is 2.27. The highest BCUT2D eigenvalue weighted by molar-refractivity contribution is 8.00. The highest BCUT2D eigenvalue weighted by atomic mass is 32.2. The molecule has 6 heteroatoms. The van der Waals surface area contributed by atoms with Gasteiger partial charge in [0.1, 0.15) is 0 Å². The Hall–Kier alpha value is -0.490. The molecule has 0 bridgehead atoms. The summed E-state index contributed by atoms with van der Waals surface area (Å²) >= 11 is 3.73. The van der Waals surface area contributed by atoms with Crippen molar-refractivity contribution in [1.82, 2.24) is 0 Å². The zero-order chi connectivity index (χ0) is 10.1. The van der Waals surface area contributed by atoms with Crippen molar-refractivity contribution in [2.45, 2.75) is 15.3 Å². The minimum atomic E-state index is -4.27. The average Bonchev–Trinajstić information content (AvgIpc) is 1.94. The van der Waals surface area contributed by atoms with Crippen molar-refractivity contribution < 1.29 is 13.2 Å². The lowest BCUT2D eigenvalue weighted by Crippen LogP contribution is -1.99. The molecule has 0 aromatic heterocycles. The maximum absolute atomic E-state index is 11.9. The molecule has 0 aliphatic rings. The van der Waals surface area contributed by atoms with E-state index in [0.29, 0.717) is 10.6 Å². The fraction of sp³-hybridized carbons (Fsp3) is 0.143. The summed E-state index contributed by atoms with van der Waals surface area (Å²) in [4.78, 5) is 0.445. The Morgan fingerprint density at radius 2 is 1.92 bits per heavy atom. The predicted molar refractivity (Wildman–Crippen MR) is 50.0 cm³/mol. The van der Waals surface area contributed by atoms with Crippen LogP contribution in [0.5, 0.6) is 0 Å². The van der Waals surface area contributed by atoms with E-state index in [1.54, 1.807) is 0 Å². The number of benzene rings is 1. The van der Waals surface area contributed by atoms with E-state index in [9.17, 15) is 13.2 Å². The summed E-state index contributed by atoms with van der Waals surface area (Å²) in [7, 11) is 0. The molecule has 0 fully saturated rings. The number of nitrogen functional groups attached to an aromatic ring is 1. The maximum atomic E-state index is 11.9. The van der Waals surface area contributed by atoms with Gasteiger partial charge in [-0.3, -0.25) is 0 Å². The van der Waals surface area contributed by atoms with E-state index in [0.717, 1.165) is 0 Å². The van der Waals surface area contributed by atoms with E-state index in [1.165, 1.54) is 18.2 Å². The van der Waals surface area contributed by atoms with Crippen LogP contribution in [-0.2, 0) is 0 Å². The number of alkyl halides is 3. The van der Waals surface area contributed by atoms with Crippen molar-refractivity contribution in [1.29, 1.82) is 0 Å². The Bertz CT molecular complexity index is 311. The van der Waals surface area contributed by atoms with Crippen LogP contribution in [0.3, 0.4) is 0 Å². The van der Waals surface area contributed by atoms with E-state index < -0.39 is 5.51 Å². The van der Waals surface area contributed by atoms with Gasteiger partial charge < -0.3 is 5.73 Å². The molecule has 0 heterocycles. The lowest BCUT2D eigenvalue weighted by Gasteiger charge is -2.06. The van der Waals surface area contributed by atoms with Gasteiger partial charge in [0.25, 0.3) is 0 Å². The summed E-state index contributed by atoms with van der Waals surface area (Å²) in [5, 5.41) is 0. The molecule has 0 saturated heterocycles. The van der Waals surface area contributed by atoms with Crippen molar-refractivity contribution in [2.75, 3.05) is 5.73 Å². The Morgan fingerprint density at radius 1 is 1.31 bits per heavy atom. The van der Waals surface area contributed by atoms with E-state index in [4.69, 9.17) is 5.73 Å². The van der Waals surface area contributed by atoms with Gasteiger partial charge in [0.05, 0.1) is 0 Å². The Labute approximate surface area is 82.9 Å². The predicted octanol–water partition coefficient (Wildman–Crippen LogP) is 3.17. The molecule has 1 aromatic carbocycles. The van der Waals surface area contributed by atoms with E-state index >= 15 is 0 Å². The van der Waals surface area contributed by atoms with Gasteiger partial charge in [-0.25, -0.2) is 0 Å². The molecule has 0 unspecified atom stereocenters. The summed E-state index contributed by atoms with van der Waals surface area (Å²) in [6.45, 7) is 0. The van der Waals surface area contributed by atoms with Crippen LogP contribution in [0.1, 0.15) is 0 Å². The molecule has 1 nitrogen and oxygen atoms in total.